The van der Waals surface area contributed by atoms with Crippen LogP contribution in [-0.2, 0) is 12.8 Å². The second-order valence-corrected chi connectivity index (χ2v) is 7.64. The van der Waals surface area contributed by atoms with Gasteiger partial charge < -0.3 is 5.32 Å². The number of carbonyl (C=O) groups is 1. The van der Waals surface area contributed by atoms with Gasteiger partial charge in [0, 0.05) is 17.4 Å². The highest BCUT2D eigenvalue weighted by Crippen LogP contribution is 2.25. The number of rotatable bonds is 2. The molecule has 1 fully saturated rings. The van der Waals surface area contributed by atoms with E-state index in [1.807, 2.05) is 4.52 Å². The van der Waals surface area contributed by atoms with Crippen molar-refractivity contribution in [3.63, 3.8) is 0 Å². The molecule has 1 N–H and O–H groups in total. The zero-order chi connectivity index (χ0) is 17.2. The topological polar surface area (TPSA) is 59.3 Å². The number of aryl methyl sites for hydroxylation is 2. The Morgan fingerprint density at radius 1 is 1.08 bits per heavy atom. The average Bonchev–Trinajstić information content (AvgIpc) is 3.01. The van der Waals surface area contributed by atoms with Gasteiger partial charge in [0.1, 0.15) is 5.56 Å². The van der Waals surface area contributed by atoms with Crippen molar-refractivity contribution >= 4 is 11.6 Å². The first-order chi connectivity index (χ1) is 12.2. The normalized spacial score (nSPS) is 19.2. The van der Waals surface area contributed by atoms with Gasteiger partial charge in [-0.1, -0.05) is 32.1 Å². The lowest BCUT2D eigenvalue weighted by atomic mass is 9.95. The largest absolute Gasteiger partial charge is 0.349 e. The highest BCUT2D eigenvalue weighted by Gasteiger charge is 2.22. The van der Waals surface area contributed by atoms with Gasteiger partial charge in [0.05, 0.1) is 6.20 Å². The SMILES string of the molecule is Cc1c2c(nc3c(C(=O)NC4CCCCCCC4)cnn13)CCCC2. The van der Waals surface area contributed by atoms with Crippen LogP contribution in [0.4, 0.5) is 0 Å². The first-order valence-electron chi connectivity index (χ1n) is 9.91. The zero-order valence-electron chi connectivity index (χ0n) is 15.2. The van der Waals surface area contributed by atoms with E-state index in [2.05, 4.69) is 17.3 Å². The third-order valence-corrected chi connectivity index (χ3v) is 5.86. The molecule has 25 heavy (non-hydrogen) atoms. The first kappa shape index (κ1) is 16.6. The second-order valence-electron chi connectivity index (χ2n) is 7.64. The molecule has 0 aliphatic heterocycles. The summed E-state index contributed by atoms with van der Waals surface area (Å²) in [5, 5.41) is 7.72. The number of amides is 1. The van der Waals surface area contributed by atoms with E-state index in [1.165, 1.54) is 50.5 Å². The lowest BCUT2D eigenvalue weighted by molar-refractivity contribution is 0.0932. The van der Waals surface area contributed by atoms with Gasteiger partial charge in [-0.15, -0.1) is 0 Å². The van der Waals surface area contributed by atoms with E-state index in [9.17, 15) is 4.79 Å². The van der Waals surface area contributed by atoms with Gasteiger partial charge in [-0.05, 0) is 51.0 Å². The highest BCUT2D eigenvalue weighted by atomic mass is 16.1. The summed E-state index contributed by atoms with van der Waals surface area (Å²) in [7, 11) is 0. The first-order valence-corrected chi connectivity index (χ1v) is 9.91. The summed E-state index contributed by atoms with van der Waals surface area (Å²) in [5.74, 6) is -0.0109. The van der Waals surface area contributed by atoms with Crippen molar-refractivity contribution in [3.05, 3.63) is 28.7 Å². The molecule has 0 atom stereocenters. The third-order valence-electron chi connectivity index (χ3n) is 5.86. The number of hydrogen-bond donors (Lipinski definition) is 1. The molecule has 0 unspecified atom stereocenters. The van der Waals surface area contributed by atoms with Crippen LogP contribution in [0.5, 0.6) is 0 Å². The van der Waals surface area contributed by atoms with Gasteiger partial charge in [-0.25, -0.2) is 9.50 Å². The van der Waals surface area contributed by atoms with Crippen LogP contribution in [0.15, 0.2) is 6.20 Å². The Bertz CT molecular complexity index is 772. The van der Waals surface area contributed by atoms with Crippen molar-refractivity contribution in [2.45, 2.75) is 83.6 Å². The van der Waals surface area contributed by atoms with E-state index in [1.54, 1.807) is 6.20 Å². The van der Waals surface area contributed by atoms with Crippen LogP contribution in [-0.4, -0.2) is 26.5 Å². The van der Waals surface area contributed by atoms with Crippen molar-refractivity contribution in [2.75, 3.05) is 0 Å². The lowest BCUT2D eigenvalue weighted by Crippen LogP contribution is -2.35. The number of aromatic nitrogens is 3. The van der Waals surface area contributed by atoms with Crippen molar-refractivity contribution in [1.29, 1.82) is 0 Å². The molecule has 2 aliphatic rings. The Hall–Kier alpha value is -1.91. The maximum atomic E-state index is 12.9. The zero-order valence-corrected chi connectivity index (χ0v) is 15.2. The molecule has 2 aromatic rings. The minimum absolute atomic E-state index is 0.0109. The summed E-state index contributed by atoms with van der Waals surface area (Å²) < 4.78 is 1.86. The summed E-state index contributed by atoms with van der Waals surface area (Å²) in [5.41, 5.74) is 4.98. The second kappa shape index (κ2) is 7.14. The van der Waals surface area contributed by atoms with Gasteiger partial charge in [0.15, 0.2) is 5.65 Å². The molecule has 1 amide bonds. The van der Waals surface area contributed by atoms with E-state index >= 15 is 0 Å². The molecule has 134 valence electrons. The predicted molar refractivity (Wildman–Crippen MR) is 97.9 cm³/mol. The third kappa shape index (κ3) is 3.29. The van der Waals surface area contributed by atoms with Crippen molar-refractivity contribution in [1.82, 2.24) is 19.9 Å². The fourth-order valence-electron chi connectivity index (χ4n) is 4.38. The van der Waals surface area contributed by atoms with Crippen LogP contribution in [0, 0.1) is 6.92 Å². The smallest absolute Gasteiger partial charge is 0.256 e. The molecular formula is C20H28N4O. The van der Waals surface area contributed by atoms with Gasteiger partial charge in [-0.2, -0.15) is 5.10 Å². The quantitative estimate of drug-likeness (QED) is 0.905. The Balaban J connectivity index is 1.60. The van der Waals surface area contributed by atoms with E-state index < -0.39 is 0 Å². The van der Waals surface area contributed by atoms with Gasteiger partial charge >= 0.3 is 0 Å². The Morgan fingerprint density at radius 2 is 1.80 bits per heavy atom. The molecule has 4 rings (SSSR count). The summed E-state index contributed by atoms with van der Waals surface area (Å²) in [6, 6.07) is 0.293. The molecule has 0 bridgehead atoms. The fraction of sp³-hybridized carbons (Fsp3) is 0.650. The van der Waals surface area contributed by atoms with Gasteiger partial charge in [-0.3, -0.25) is 4.79 Å². The average molecular weight is 340 g/mol. The molecule has 0 aromatic carbocycles. The van der Waals surface area contributed by atoms with Crippen molar-refractivity contribution in [2.24, 2.45) is 0 Å². The van der Waals surface area contributed by atoms with Crippen LogP contribution < -0.4 is 5.32 Å². The Morgan fingerprint density at radius 3 is 2.60 bits per heavy atom. The van der Waals surface area contributed by atoms with E-state index in [0.717, 1.165) is 42.7 Å². The number of nitrogens with one attached hydrogen (secondary N) is 1. The maximum absolute atomic E-state index is 12.9. The van der Waals surface area contributed by atoms with Gasteiger partial charge in [0.2, 0.25) is 0 Å². The molecule has 5 nitrogen and oxygen atoms in total. The van der Waals surface area contributed by atoms with Crippen molar-refractivity contribution < 1.29 is 4.79 Å². The molecular weight excluding hydrogens is 312 g/mol. The molecule has 0 radical (unpaired) electrons. The highest BCUT2D eigenvalue weighted by molar-refractivity contribution is 5.99. The summed E-state index contributed by atoms with van der Waals surface area (Å²) in [6.45, 7) is 2.10. The number of nitrogens with zero attached hydrogens (tertiary/aromatic N) is 3. The molecule has 0 saturated heterocycles. The number of hydrogen-bond acceptors (Lipinski definition) is 3. The Kier molecular flexibility index (Phi) is 4.73. The number of fused-ring (bicyclic) bond motifs is 2. The molecule has 1 saturated carbocycles. The minimum Gasteiger partial charge on any atom is -0.349 e. The lowest BCUT2D eigenvalue weighted by Gasteiger charge is -2.21. The number of carbonyl (C=O) groups excluding carboxylic acids is 1. The summed E-state index contributed by atoms with van der Waals surface area (Å²) in [4.78, 5) is 17.7. The Labute approximate surface area is 149 Å². The molecule has 5 heteroatoms. The minimum atomic E-state index is -0.0109. The van der Waals surface area contributed by atoms with Crippen LogP contribution in [0.25, 0.3) is 5.65 Å². The maximum Gasteiger partial charge on any atom is 0.256 e. The molecule has 2 aromatic heterocycles. The predicted octanol–water partition coefficient (Wildman–Crippen LogP) is 3.76. The molecule has 2 aliphatic carbocycles. The summed E-state index contributed by atoms with van der Waals surface area (Å²) in [6.07, 6.45) is 14.7. The standard InChI is InChI=1S/C20H28N4O/c1-14-16-11-7-8-12-18(16)23-19-17(13-21-24(14)19)20(25)22-15-9-5-3-2-4-6-10-15/h13,15H,2-12H2,1H3,(H,22,25). The monoisotopic (exact) mass is 340 g/mol. The van der Waals surface area contributed by atoms with E-state index in [4.69, 9.17) is 4.98 Å². The molecule has 0 spiro atoms. The summed E-state index contributed by atoms with van der Waals surface area (Å²) >= 11 is 0. The van der Waals surface area contributed by atoms with E-state index in [-0.39, 0.29) is 5.91 Å². The van der Waals surface area contributed by atoms with E-state index in [0.29, 0.717) is 11.6 Å². The fourth-order valence-corrected chi connectivity index (χ4v) is 4.38. The van der Waals surface area contributed by atoms with Crippen LogP contribution in [0.1, 0.15) is 85.1 Å². The molecule has 2 heterocycles. The van der Waals surface area contributed by atoms with Crippen LogP contribution >= 0.6 is 0 Å². The van der Waals surface area contributed by atoms with Crippen molar-refractivity contribution in [3.8, 4) is 0 Å². The van der Waals surface area contributed by atoms with Gasteiger partial charge in [0.25, 0.3) is 5.91 Å². The van der Waals surface area contributed by atoms with Crippen LogP contribution in [0.3, 0.4) is 0 Å². The van der Waals surface area contributed by atoms with Crippen LogP contribution in [0.2, 0.25) is 0 Å².